The van der Waals surface area contributed by atoms with Gasteiger partial charge in [0.1, 0.15) is 0 Å². The van der Waals surface area contributed by atoms with E-state index in [0.717, 1.165) is 35.1 Å². The Morgan fingerprint density at radius 1 is 0.564 bits per heavy atom. The van der Waals surface area contributed by atoms with Gasteiger partial charge in [0, 0.05) is 22.1 Å². The molecule has 188 valence electrons. The molecule has 3 heteroatoms. The number of nitrogens with zero attached hydrogens (tertiary/aromatic N) is 3. The maximum atomic E-state index is 4.93. The molecule has 4 aromatic carbocycles. The van der Waals surface area contributed by atoms with Gasteiger partial charge in [-0.2, -0.15) is 0 Å². The van der Waals surface area contributed by atoms with E-state index in [1.165, 1.54) is 22.3 Å². The number of hydrogen-bond acceptors (Lipinski definition) is 3. The van der Waals surface area contributed by atoms with E-state index in [4.69, 9.17) is 15.0 Å². The molecule has 2 aliphatic carbocycles. The molecule has 3 nitrogen and oxygen atoms in total. The van der Waals surface area contributed by atoms with Crippen LogP contribution in [-0.2, 0) is 5.41 Å². The Hall–Kier alpha value is -4.63. The minimum absolute atomic E-state index is 0.0857. The Kier molecular flexibility index (Phi) is 5.59. The second-order valence-corrected chi connectivity index (χ2v) is 10.8. The molecule has 39 heavy (non-hydrogen) atoms. The predicted molar refractivity (Wildman–Crippen MR) is 160 cm³/mol. The smallest absolute Gasteiger partial charge is 0.164 e. The van der Waals surface area contributed by atoms with Crippen molar-refractivity contribution in [2.24, 2.45) is 0 Å². The number of hydrogen-bond donors (Lipinski definition) is 0. The van der Waals surface area contributed by atoms with Gasteiger partial charge in [0.05, 0.1) is 0 Å². The van der Waals surface area contributed by atoms with Crippen LogP contribution in [-0.4, -0.2) is 15.0 Å². The molecule has 1 heterocycles. The maximum absolute atomic E-state index is 4.93. The van der Waals surface area contributed by atoms with Crippen LogP contribution >= 0.6 is 0 Å². The number of allylic oxidation sites excluding steroid dienone is 4. The first kappa shape index (κ1) is 23.5. The van der Waals surface area contributed by atoms with Crippen molar-refractivity contribution in [3.63, 3.8) is 0 Å². The van der Waals surface area contributed by atoms with Gasteiger partial charge in [-0.1, -0.05) is 123 Å². The van der Waals surface area contributed by atoms with E-state index in [1.807, 2.05) is 60.7 Å². The Morgan fingerprint density at radius 2 is 1.13 bits per heavy atom. The average molecular weight is 504 g/mol. The third-order valence-electron chi connectivity index (χ3n) is 8.06. The molecule has 0 amide bonds. The summed E-state index contributed by atoms with van der Waals surface area (Å²) in [6.07, 6.45) is 6.92. The summed E-state index contributed by atoms with van der Waals surface area (Å²) in [6, 6.07) is 35.7. The van der Waals surface area contributed by atoms with Crippen LogP contribution in [0.2, 0.25) is 0 Å². The van der Waals surface area contributed by atoms with Crippen LogP contribution in [0.25, 0.3) is 50.9 Å². The fraction of sp³-hybridized carbons (Fsp3) is 0.139. The average Bonchev–Trinajstić information content (AvgIpc) is 3.24. The van der Waals surface area contributed by atoms with E-state index in [0.29, 0.717) is 17.5 Å². The van der Waals surface area contributed by atoms with Crippen molar-refractivity contribution in [3.05, 3.63) is 132 Å². The molecule has 5 aromatic rings. The van der Waals surface area contributed by atoms with Gasteiger partial charge in [-0.25, -0.2) is 15.0 Å². The second-order valence-electron chi connectivity index (χ2n) is 10.8. The van der Waals surface area contributed by atoms with Gasteiger partial charge >= 0.3 is 0 Å². The van der Waals surface area contributed by atoms with E-state index in [1.54, 1.807) is 5.57 Å². The van der Waals surface area contributed by atoms with Gasteiger partial charge in [0.15, 0.2) is 17.5 Å². The summed E-state index contributed by atoms with van der Waals surface area (Å²) in [5, 5.41) is 0. The summed E-state index contributed by atoms with van der Waals surface area (Å²) in [4.78, 5) is 14.7. The van der Waals surface area contributed by atoms with Crippen LogP contribution < -0.4 is 0 Å². The predicted octanol–water partition coefficient (Wildman–Crippen LogP) is 8.93. The minimum Gasteiger partial charge on any atom is -0.208 e. The molecule has 0 spiro atoms. The van der Waals surface area contributed by atoms with Crippen LogP contribution in [0.1, 0.15) is 37.8 Å². The van der Waals surface area contributed by atoms with Crippen LogP contribution in [0.5, 0.6) is 0 Å². The number of aromatic nitrogens is 3. The number of benzene rings is 4. The third-order valence-corrected chi connectivity index (χ3v) is 8.06. The first-order valence-corrected chi connectivity index (χ1v) is 13.6. The highest BCUT2D eigenvalue weighted by molar-refractivity contribution is 5.89. The molecule has 0 atom stereocenters. The van der Waals surface area contributed by atoms with Gasteiger partial charge < -0.3 is 0 Å². The lowest BCUT2D eigenvalue weighted by Gasteiger charge is -2.25. The number of rotatable bonds is 4. The summed E-state index contributed by atoms with van der Waals surface area (Å²) in [7, 11) is 0. The lowest BCUT2D eigenvalue weighted by atomic mass is 9.78. The molecule has 0 bridgehead atoms. The standard InChI is InChI=1S/C36H29N3/c1-36(2)31-19-10-9-18-29(31)30-23-27(20-21-32(30)36)26-16-11-17-28(22-26)35-38-33(24-12-5-3-6-13-24)37-34(39-35)25-14-7-4-8-15-25/h3-9,11-18,20-23H,10,19H2,1-2H3. The molecular weight excluding hydrogens is 474 g/mol. The molecule has 7 rings (SSSR count). The van der Waals surface area contributed by atoms with Gasteiger partial charge in [-0.05, 0) is 52.8 Å². The zero-order valence-electron chi connectivity index (χ0n) is 22.2. The summed E-state index contributed by atoms with van der Waals surface area (Å²) in [5.41, 5.74) is 11.1. The van der Waals surface area contributed by atoms with Crippen molar-refractivity contribution in [2.45, 2.75) is 32.1 Å². The highest BCUT2D eigenvalue weighted by Gasteiger charge is 2.37. The largest absolute Gasteiger partial charge is 0.208 e. The van der Waals surface area contributed by atoms with Gasteiger partial charge in [0.25, 0.3) is 0 Å². The van der Waals surface area contributed by atoms with Gasteiger partial charge in [0.2, 0.25) is 0 Å². The molecule has 0 radical (unpaired) electrons. The molecule has 1 aromatic heterocycles. The molecule has 0 saturated heterocycles. The van der Waals surface area contributed by atoms with Crippen molar-refractivity contribution < 1.29 is 0 Å². The molecule has 2 aliphatic rings. The Bertz CT molecular complexity index is 1700. The SMILES string of the molecule is CC1(C)C2=C(C=CCC2)c2cc(-c3cccc(-c4nc(-c5ccccc5)nc(-c5ccccc5)n4)c3)ccc21. The molecular formula is C36H29N3. The zero-order chi connectivity index (χ0) is 26.4. The molecule has 0 aliphatic heterocycles. The van der Waals surface area contributed by atoms with E-state index in [-0.39, 0.29) is 5.41 Å². The zero-order valence-corrected chi connectivity index (χ0v) is 22.2. The van der Waals surface area contributed by atoms with Crippen LogP contribution in [0.3, 0.4) is 0 Å². The Morgan fingerprint density at radius 3 is 1.79 bits per heavy atom. The van der Waals surface area contributed by atoms with Crippen molar-refractivity contribution >= 4 is 5.57 Å². The Labute approximate surface area is 229 Å². The summed E-state index contributed by atoms with van der Waals surface area (Å²) in [6.45, 7) is 4.73. The fourth-order valence-corrected chi connectivity index (χ4v) is 6.00. The van der Waals surface area contributed by atoms with E-state index < -0.39 is 0 Å². The van der Waals surface area contributed by atoms with Gasteiger partial charge in [-0.3, -0.25) is 0 Å². The first-order valence-electron chi connectivity index (χ1n) is 13.6. The normalized spacial score (nSPS) is 15.2. The maximum Gasteiger partial charge on any atom is 0.164 e. The summed E-state index contributed by atoms with van der Waals surface area (Å²) in [5.74, 6) is 2.02. The topological polar surface area (TPSA) is 38.7 Å². The van der Waals surface area contributed by atoms with Crippen molar-refractivity contribution in [1.29, 1.82) is 0 Å². The lowest BCUT2D eigenvalue weighted by Crippen LogP contribution is -2.17. The van der Waals surface area contributed by atoms with E-state index in [9.17, 15) is 0 Å². The van der Waals surface area contributed by atoms with Gasteiger partial charge in [-0.15, -0.1) is 0 Å². The number of fused-ring (bicyclic) bond motifs is 2. The first-order chi connectivity index (χ1) is 19.1. The summed E-state index contributed by atoms with van der Waals surface area (Å²) < 4.78 is 0. The molecule has 0 N–H and O–H groups in total. The molecule has 0 saturated carbocycles. The van der Waals surface area contributed by atoms with Crippen LogP contribution in [0, 0.1) is 0 Å². The Balaban J connectivity index is 1.33. The highest BCUT2D eigenvalue weighted by Crippen LogP contribution is 2.50. The third kappa shape index (κ3) is 4.11. The van der Waals surface area contributed by atoms with Crippen LogP contribution in [0.15, 0.2) is 121 Å². The molecule has 0 fully saturated rings. The minimum atomic E-state index is 0.0857. The monoisotopic (exact) mass is 503 g/mol. The molecule has 0 unspecified atom stereocenters. The lowest BCUT2D eigenvalue weighted by molar-refractivity contribution is 0.607. The van der Waals surface area contributed by atoms with Crippen LogP contribution in [0.4, 0.5) is 0 Å². The van der Waals surface area contributed by atoms with Crippen molar-refractivity contribution in [3.8, 4) is 45.3 Å². The van der Waals surface area contributed by atoms with Crippen molar-refractivity contribution in [2.75, 3.05) is 0 Å². The fourth-order valence-electron chi connectivity index (χ4n) is 6.00. The van der Waals surface area contributed by atoms with Crippen molar-refractivity contribution in [1.82, 2.24) is 15.0 Å². The van der Waals surface area contributed by atoms with E-state index >= 15 is 0 Å². The summed E-state index contributed by atoms with van der Waals surface area (Å²) >= 11 is 0. The second kappa shape index (κ2) is 9.28. The quantitative estimate of drug-likeness (QED) is 0.246. The van der Waals surface area contributed by atoms with E-state index in [2.05, 4.69) is 68.5 Å². The highest BCUT2D eigenvalue weighted by atomic mass is 15.0.